The van der Waals surface area contributed by atoms with Gasteiger partial charge >= 0.3 is 17.9 Å². The molecule has 0 radical (unpaired) electrons. The van der Waals surface area contributed by atoms with E-state index in [1.165, 1.54) is 148 Å². The third kappa shape index (κ3) is 52.1. The van der Waals surface area contributed by atoms with Gasteiger partial charge in [-0.3, -0.25) is 14.4 Å². The fraction of sp³-hybridized carbons (Fsp3) is 0.783. The zero-order valence-electron chi connectivity index (χ0n) is 43.7. The molecule has 0 fully saturated rings. The van der Waals surface area contributed by atoms with E-state index in [2.05, 4.69) is 81.5 Å². The molecule has 1 unspecified atom stereocenters. The summed E-state index contributed by atoms with van der Waals surface area (Å²) in [7, 11) is 0. The van der Waals surface area contributed by atoms with Crippen molar-refractivity contribution in [2.75, 3.05) is 13.2 Å². The highest BCUT2D eigenvalue weighted by Crippen LogP contribution is 2.16. The van der Waals surface area contributed by atoms with Crippen molar-refractivity contribution in [1.29, 1.82) is 0 Å². The number of hydrogen-bond donors (Lipinski definition) is 0. The van der Waals surface area contributed by atoms with Crippen molar-refractivity contribution in [3.05, 3.63) is 60.8 Å². The standard InChI is InChI=1S/C60H106O6/c1-4-7-10-13-16-19-22-25-28-29-30-31-33-35-38-41-44-47-50-53-59(62)65-56-57(55-64-58(61)52-49-46-43-40-37-34-27-24-21-18-15-12-9-6-3)66-60(63)54-51-48-45-42-39-36-32-26-23-20-17-14-11-8-5-2/h7,10,16,19,24-25,27-28,30-31,57H,4-6,8-9,11-15,17-18,20-23,26,29,32-56H2,1-3H3/b10-7-,19-16-,27-24-,28-25-,31-30-. The van der Waals surface area contributed by atoms with Crippen molar-refractivity contribution in [3.8, 4) is 0 Å². The molecule has 0 spiro atoms. The van der Waals surface area contributed by atoms with Crippen LogP contribution in [0.1, 0.15) is 284 Å². The van der Waals surface area contributed by atoms with Crippen LogP contribution in [-0.2, 0) is 28.6 Å². The van der Waals surface area contributed by atoms with E-state index in [0.29, 0.717) is 19.3 Å². The highest BCUT2D eigenvalue weighted by molar-refractivity contribution is 5.71. The van der Waals surface area contributed by atoms with Gasteiger partial charge in [-0.25, -0.2) is 0 Å². The highest BCUT2D eigenvalue weighted by atomic mass is 16.6. The molecular weight excluding hydrogens is 817 g/mol. The predicted molar refractivity (Wildman–Crippen MR) is 284 cm³/mol. The van der Waals surface area contributed by atoms with Crippen LogP contribution in [0.2, 0.25) is 0 Å². The van der Waals surface area contributed by atoms with E-state index in [0.717, 1.165) is 96.3 Å². The van der Waals surface area contributed by atoms with Crippen LogP contribution >= 0.6 is 0 Å². The molecule has 0 bridgehead atoms. The van der Waals surface area contributed by atoms with Crippen molar-refractivity contribution in [2.45, 2.75) is 290 Å². The molecule has 0 aliphatic rings. The Hall–Kier alpha value is -2.89. The molecule has 0 aromatic heterocycles. The third-order valence-corrected chi connectivity index (χ3v) is 12.3. The SMILES string of the molecule is CC/C=C\C/C=C\C/C=C\C/C=C\CCCCCCCCC(=O)OCC(COC(=O)CCCCCCC/C=C\CCCCCCC)OC(=O)CCCCCCCCCCCCCCCCC. The summed E-state index contributed by atoms with van der Waals surface area (Å²) in [5.74, 6) is -0.891. The fourth-order valence-electron chi connectivity index (χ4n) is 8.02. The molecule has 6 heteroatoms. The Labute approximate surface area is 409 Å². The van der Waals surface area contributed by atoms with E-state index in [1.54, 1.807) is 0 Å². The summed E-state index contributed by atoms with van der Waals surface area (Å²) >= 11 is 0. The van der Waals surface area contributed by atoms with Crippen LogP contribution in [0.25, 0.3) is 0 Å². The molecule has 0 N–H and O–H groups in total. The molecular formula is C60H106O6. The lowest BCUT2D eigenvalue weighted by Gasteiger charge is -2.18. The van der Waals surface area contributed by atoms with Crippen molar-refractivity contribution in [1.82, 2.24) is 0 Å². The van der Waals surface area contributed by atoms with Crippen molar-refractivity contribution in [3.63, 3.8) is 0 Å². The number of hydrogen-bond acceptors (Lipinski definition) is 6. The van der Waals surface area contributed by atoms with Crippen molar-refractivity contribution in [2.24, 2.45) is 0 Å². The van der Waals surface area contributed by atoms with Gasteiger partial charge < -0.3 is 14.2 Å². The summed E-state index contributed by atoms with van der Waals surface area (Å²) in [5, 5.41) is 0. The van der Waals surface area contributed by atoms with Crippen LogP contribution in [0.3, 0.4) is 0 Å². The van der Waals surface area contributed by atoms with E-state index in [1.807, 2.05) is 0 Å². The monoisotopic (exact) mass is 923 g/mol. The zero-order valence-corrected chi connectivity index (χ0v) is 43.7. The van der Waals surface area contributed by atoms with Gasteiger partial charge in [0.15, 0.2) is 6.10 Å². The van der Waals surface area contributed by atoms with Crippen LogP contribution < -0.4 is 0 Å². The number of esters is 3. The van der Waals surface area contributed by atoms with Gasteiger partial charge in [0, 0.05) is 19.3 Å². The quantitative estimate of drug-likeness (QED) is 0.0262. The number of ether oxygens (including phenoxy) is 3. The van der Waals surface area contributed by atoms with Crippen LogP contribution in [0.5, 0.6) is 0 Å². The number of rotatable bonds is 51. The summed E-state index contributed by atoms with van der Waals surface area (Å²) in [6.45, 7) is 6.52. The summed E-state index contributed by atoms with van der Waals surface area (Å²) in [4.78, 5) is 38.1. The Balaban J connectivity index is 4.38. The van der Waals surface area contributed by atoms with Gasteiger partial charge in [0.1, 0.15) is 13.2 Å². The lowest BCUT2D eigenvalue weighted by atomic mass is 10.0. The molecule has 0 aliphatic heterocycles. The van der Waals surface area contributed by atoms with E-state index >= 15 is 0 Å². The number of carbonyl (C=O) groups excluding carboxylic acids is 3. The Morgan fingerprint density at radius 3 is 0.939 bits per heavy atom. The lowest BCUT2D eigenvalue weighted by Crippen LogP contribution is -2.30. The molecule has 0 aromatic carbocycles. The van der Waals surface area contributed by atoms with Crippen LogP contribution in [0.4, 0.5) is 0 Å². The largest absolute Gasteiger partial charge is 0.462 e. The predicted octanol–water partition coefficient (Wildman–Crippen LogP) is 18.8. The number of unbranched alkanes of at least 4 members (excludes halogenated alkanes) is 30. The first-order valence-electron chi connectivity index (χ1n) is 28.3. The lowest BCUT2D eigenvalue weighted by molar-refractivity contribution is -0.167. The van der Waals surface area contributed by atoms with Gasteiger partial charge in [-0.1, -0.05) is 242 Å². The Morgan fingerprint density at radius 1 is 0.318 bits per heavy atom. The molecule has 0 rings (SSSR count). The Bertz CT molecular complexity index is 1200. The second kappa shape index (κ2) is 54.7. The van der Waals surface area contributed by atoms with Gasteiger partial charge in [0.05, 0.1) is 0 Å². The van der Waals surface area contributed by atoms with E-state index in [4.69, 9.17) is 14.2 Å². The third-order valence-electron chi connectivity index (χ3n) is 12.3. The van der Waals surface area contributed by atoms with E-state index < -0.39 is 6.10 Å². The Morgan fingerprint density at radius 2 is 0.591 bits per heavy atom. The topological polar surface area (TPSA) is 78.9 Å². The second-order valence-electron chi connectivity index (χ2n) is 18.8. The van der Waals surface area contributed by atoms with Gasteiger partial charge in [0.25, 0.3) is 0 Å². The van der Waals surface area contributed by atoms with Gasteiger partial charge in [-0.15, -0.1) is 0 Å². The Kier molecular flexibility index (Phi) is 52.3. The first kappa shape index (κ1) is 63.1. The highest BCUT2D eigenvalue weighted by Gasteiger charge is 2.19. The summed E-state index contributed by atoms with van der Waals surface area (Å²) < 4.78 is 16.9. The van der Waals surface area contributed by atoms with Crippen LogP contribution in [-0.4, -0.2) is 37.2 Å². The minimum Gasteiger partial charge on any atom is -0.462 e. The molecule has 382 valence electrons. The molecule has 0 saturated heterocycles. The average molecular weight is 924 g/mol. The maximum atomic E-state index is 12.8. The first-order chi connectivity index (χ1) is 32.5. The van der Waals surface area contributed by atoms with Crippen molar-refractivity contribution < 1.29 is 28.6 Å². The smallest absolute Gasteiger partial charge is 0.306 e. The molecule has 0 amide bonds. The summed E-state index contributed by atoms with van der Waals surface area (Å²) in [6.07, 6.45) is 67.7. The van der Waals surface area contributed by atoms with Gasteiger partial charge in [-0.05, 0) is 83.5 Å². The fourth-order valence-corrected chi connectivity index (χ4v) is 8.02. The van der Waals surface area contributed by atoms with Gasteiger partial charge in [-0.2, -0.15) is 0 Å². The van der Waals surface area contributed by atoms with Crippen LogP contribution in [0.15, 0.2) is 60.8 Å². The normalized spacial score (nSPS) is 12.5. The molecule has 6 nitrogen and oxygen atoms in total. The number of carbonyl (C=O) groups is 3. The van der Waals surface area contributed by atoms with Gasteiger partial charge in [0.2, 0.25) is 0 Å². The molecule has 1 atom stereocenters. The molecule has 0 aliphatic carbocycles. The maximum absolute atomic E-state index is 12.8. The average Bonchev–Trinajstić information content (AvgIpc) is 3.31. The molecule has 0 saturated carbocycles. The molecule has 0 heterocycles. The zero-order chi connectivity index (χ0) is 47.9. The minimum atomic E-state index is -0.781. The minimum absolute atomic E-state index is 0.0808. The maximum Gasteiger partial charge on any atom is 0.306 e. The second-order valence-corrected chi connectivity index (χ2v) is 18.8. The van der Waals surface area contributed by atoms with E-state index in [-0.39, 0.29) is 31.1 Å². The van der Waals surface area contributed by atoms with Crippen LogP contribution in [0, 0.1) is 0 Å². The number of allylic oxidation sites excluding steroid dienone is 10. The first-order valence-corrected chi connectivity index (χ1v) is 28.3. The van der Waals surface area contributed by atoms with Crippen molar-refractivity contribution >= 4 is 17.9 Å². The summed E-state index contributed by atoms with van der Waals surface area (Å²) in [5.41, 5.74) is 0. The van der Waals surface area contributed by atoms with E-state index in [9.17, 15) is 14.4 Å². The molecule has 0 aromatic rings. The summed E-state index contributed by atoms with van der Waals surface area (Å²) in [6, 6.07) is 0. The molecule has 66 heavy (non-hydrogen) atoms.